The molecule has 0 saturated heterocycles. The molecule has 0 fully saturated rings. The number of nitrogens with zero attached hydrogens (tertiary/aromatic N) is 1. The van der Waals surface area contributed by atoms with E-state index in [1.165, 1.54) is 75.8 Å². The smallest absolute Gasteiger partial charge is 0.0546 e. The van der Waals surface area contributed by atoms with Crippen LogP contribution in [0.25, 0.3) is 64.7 Å². The van der Waals surface area contributed by atoms with Gasteiger partial charge in [-0.2, -0.15) is 0 Å². The molecule has 0 unspecified atom stereocenters. The summed E-state index contributed by atoms with van der Waals surface area (Å²) in [6.45, 7) is 4.72. The predicted molar refractivity (Wildman–Crippen MR) is 228 cm³/mol. The van der Waals surface area contributed by atoms with Gasteiger partial charge in [-0.05, 0) is 98.6 Å². The predicted octanol–water partition coefficient (Wildman–Crippen LogP) is 14.8. The second-order valence-electron chi connectivity index (χ2n) is 14.5. The first-order valence-corrected chi connectivity index (χ1v) is 19.2. The summed E-state index contributed by atoms with van der Waals surface area (Å²) in [4.78, 5) is 2.47. The SMILES string of the molecule is CC1(C)c2ccccc2-c2ccc(N(c3ccccc3)c3cccc(-c4ccccc4-c4ccccc4)c3-c3ccc4sc5ccccc5c4c3)cc21. The molecule has 0 atom stereocenters. The first-order valence-electron chi connectivity index (χ1n) is 18.4. The molecule has 0 amide bonds. The first kappa shape index (κ1) is 31.5. The third-order valence-corrected chi connectivity index (χ3v) is 12.2. The Hall–Kier alpha value is -6.22. The van der Waals surface area contributed by atoms with Crippen LogP contribution in [-0.4, -0.2) is 0 Å². The van der Waals surface area contributed by atoms with Gasteiger partial charge in [0.05, 0.1) is 5.69 Å². The van der Waals surface area contributed by atoms with Crippen LogP contribution in [0.1, 0.15) is 25.0 Å². The van der Waals surface area contributed by atoms with Crippen molar-refractivity contribution >= 4 is 48.6 Å². The zero-order valence-corrected chi connectivity index (χ0v) is 30.6. The van der Waals surface area contributed by atoms with Gasteiger partial charge < -0.3 is 4.90 Å². The highest BCUT2D eigenvalue weighted by atomic mass is 32.1. The van der Waals surface area contributed by atoms with E-state index in [4.69, 9.17) is 0 Å². The van der Waals surface area contributed by atoms with Gasteiger partial charge in [0.1, 0.15) is 0 Å². The summed E-state index contributed by atoms with van der Waals surface area (Å²) in [5.74, 6) is 0. The number of hydrogen-bond acceptors (Lipinski definition) is 2. The van der Waals surface area contributed by atoms with Crippen LogP contribution >= 0.6 is 11.3 Å². The minimum Gasteiger partial charge on any atom is -0.310 e. The highest BCUT2D eigenvalue weighted by Gasteiger charge is 2.36. The van der Waals surface area contributed by atoms with Crippen LogP contribution < -0.4 is 4.90 Å². The molecule has 0 aliphatic heterocycles. The Balaban J connectivity index is 1.27. The lowest BCUT2D eigenvalue weighted by atomic mass is 9.82. The number of thiophene rings is 1. The number of rotatable bonds is 6. The molecule has 0 spiro atoms. The van der Waals surface area contributed by atoms with E-state index in [0.29, 0.717) is 0 Å². The Morgan fingerprint density at radius 2 is 1.04 bits per heavy atom. The summed E-state index contributed by atoms with van der Waals surface area (Å²) in [5.41, 5.74) is 15.9. The molecule has 0 radical (unpaired) electrons. The Morgan fingerprint density at radius 1 is 0.396 bits per heavy atom. The Bertz CT molecular complexity index is 2810. The van der Waals surface area contributed by atoms with Gasteiger partial charge in [-0.15, -0.1) is 11.3 Å². The molecule has 0 bridgehead atoms. The van der Waals surface area contributed by atoms with Crippen molar-refractivity contribution in [2.24, 2.45) is 0 Å². The van der Waals surface area contributed by atoms with Crippen LogP contribution in [0.2, 0.25) is 0 Å². The molecule has 252 valence electrons. The molecule has 0 N–H and O–H groups in total. The van der Waals surface area contributed by atoms with Crippen molar-refractivity contribution in [3.05, 3.63) is 199 Å². The minimum absolute atomic E-state index is 0.116. The molecule has 10 rings (SSSR count). The minimum atomic E-state index is -0.116. The van der Waals surface area contributed by atoms with Crippen molar-refractivity contribution in [2.75, 3.05) is 4.90 Å². The Morgan fingerprint density at radius 3 is 1.87 bits per heavy atom. The number of fused-ring (bicyclic) bond motifs is 6. The fourth-order valence-electron chi connectivity index (χ4n) is 8.56. The summed E-state index contributed by atoms with van der Waals surface area (Å²) in [7, 11) is 0. The van der Waals surface area contributed by atoms with Gasteiger partial charge in [0, 0.05) is 42.5 Å². The van der Waals surface area contributed by atoms with Crippen molar-refractivity contribution in [1.29, 1.82) is 0 Å². The van der Waals surface area contributed by atoms with Gasteiger partial charge in [0.25, 0.3) is 0 Å². The van der Waals surface area contributed by atoms with Crippen LogP contribution in [0.15, 0.2) is 188 Å². The molecule has 8 aromatic carbocycles. The third kappa shape index (κ3) is 5.13. The van der Waals surface area contributed by atoms with Crippen molar-refractivity contribution in [3.8, 4) is 44.5 Å². The topological polar surface area (TPSA) is 3.24 Å². The van der Waals surface area contributed by atoms with E-state index in [1.54, 1.807) is 0 Å². The molecule has 1 aliphatic rings. The number of anilines is 3. The second kappa shape index (κ2) is 12.5. The van der Waals surface area contributed by atoms with Crippen LogP contribution in [0.4, 0.5) is 17.1 Å². The number of benzene rings is 8. The van der Waals surface area contributed by atoms with Gasteiger partial charge >= 0.3 is 0 Å². The summed E-state index contributed by atoms with van der Waals surface area (Å²) in [6.07, 6.45) is 0. The quantitative estimate of drug-likeness (QED) is 0.167. The zero-order valence-electron chi connectivity index (χ0n) is 29.8. The van der Waals surface area contributed by atoms with Gasteiger partial charge in [0.15, 0.2) is 0 Å². The van der Waals surface area contributed by atoms with Gasteiger partial charge in [-0.25, -0.2) is 0 Å². The maximum atomic E-state index is 2.47. The standard InChI is InChI=1S/C51H37NS/c1-51(2)45-25-13-11-22-40(45)41-30-29-37(33-46(41)51)52(36-18-7-4-8-19-36)47-26-15-24-43(39-21-10-9-20-38(39)34-16-5-3-6-17-34)50(47)35-28-31-49-44(32-35)42-23-12-14-27-48(42)53-49/h3-33H,1-2H3. The highest BCUT2D eigenvalue weighted by Crippen LogP contribution is 2.52. The lowest BCUT2D eigenvalue weighted by molar-refractivity contribution is 0.660. The van der Waals surface area contributed by atoms with Crippen LogP contribution in [0.5, 0.6) is 0 Å². The molecule has 9 aromatic rings. The van der Waals surface area contributed by atoms with E-state index in [1.807, 2.05) is 11.3 Å². The highest BCUT2D eigenvalue weighted by molar-refractivity contribution is 7.25. The number of hydrogen-bond donors (Lipinski definition) is 0. The lowest BCUT2D eigenvalue weighted by Crippen LogP contribution is -2.17. The Kier molecular flexibility index (Phi) is 7.42. The van der Waals surface area contributed by atoms with E-state index in [9.17, 15) is 0 Å². The van der Waals surface area contributed by atoms with Gasteiger partial charge in [-0.3, -0.25) is 0 Å². The van der Waals surface area contributed by atoms with Crippen molar-refractivity contribution in [2.45, 2.75) is 19.3 Å². The zero-order chi connectivity index (χ0) is 35.5. The molecule has 1 nitrogen and oxygen atoms in total. The van der Waals surface area contributed by atoms with E-state index in [0.717, 1.165) is 17.1 Å². The normalized spacial score (nSPS) is 12.9. The molecule has 1 aromatic heterocycles. The molecule has 53 heavy (non-hydrogen) atoms. The first-order chi connectivity index (χ1) is 26.1. The average molecular weight is 696 g/mol. The third-order valence-electron chi connectivity index (χ3n) is 11.1. The summed E-state index contributed by atoms with van der Waals surface area (Å²) >= 11 is 1.87. The summed E-state index contributed by atoms with van der Waals surface area (Å²) in [6, 6.07) is 69.2. The van der Waals surface area contributed by atoms with Crippen molar-refractivity contribution in [3.63, 3.8) is 0 Å². The van der Waals surface area contributed by atoms with Gasteiger partial charge in [0.2, 0.25) is 0 Å². The van der Waals surface area contributed by atoms with E-state index in [-0.39, 0.29) is 5.41 Å². The van der Waals surface area contributed by atoms with Crippen molar-refractivity contribution < 1.29 is 0 Å². The van der Waals surface area contributed by atoms with Crippen molar-refractivity contribution in [1.82, 2.24) is 0 Å². The molecule has 2 heteroatoms. The lowest BCUT2D eigenvalue weighted by Gasteiger charge is -2.31. The van der Waals surface area contributed by atoms with Crippen LogP contribution in [-0.2, 0) is 5.41 Å². The molecular formula is C51H37NS. The summed E-state index contributed by atoms with van der Waals surface area (Å²) in [5, 5.41) is 2.60. The average Bonchev–Trinajstić information content (AvgIpc) is 3.70. The van der Waals surface area contributed by atoms with Gasteiger partial charge in [-0.1, -0.05) is 153 Å². The largest absolute Gasteiger partial charge is 0.310 e. The van der Waals surface area contributed by atoms with E-state index in [2.05, 4.69) is 207 Å². The Labute approximate surface area is 315 Å². The second-order valence-corrected chi connectivity index (χ2v) is 15.6. The summed E-state index contributed by atoms with van der Waals surface area (Å²) < 4.78 is 2.62. The van der Waals surface area contributed by atoms with E-state index >= 15 is 0 Å². The maximum Gasteiger partial charge on any atom is 0.0546 e. The van der Waals surface area contributed by atoms with E-state index < -0.39 is 0 Å². The fourth-order valence-corrected chi connectivity index (χ4v) is 9.65. The molecule has 1 aliphatic carbocycles. The van der Waals surface area contributed by atoms with Crippen LogP contribution in [0, 0.1) is 0 Å². The number of para-hydroxylation sites is 1. The molecule has 0 saturated carbocycles. The maximum absolute atomic E-state index is 2.47. The molecular weight excluding hydrogens is 659 g/mol. The van der Waals surface area contributed by atoms with Crippen LogP contribution in [0.3, 0.4) is 0 Å². The molecule has 1 heterocycles. The monoisotopic (exact) mass is 695 g/mol. The fraction of sp³-hybridized carbons (Fsp3) is 0.0588.